The first-order valence-corrected chi connectivity index (χ1v) is 17.0. The van der Waals surface area contributed by atoms with Crippen molar-refractivity contribution < 1.29 is 9.90 Å². The normalized spacial score (nSPS) is 16.7. The second kappa shape index (κ2) is 13.6. The highest BCUT2D eigenvalue weighted by atomic mass is 35.5. The van der Waals surface area contributed by atoms with Crippen LogP contribution in [0.3, 0.4) is 0 Å². The number of imidazole rings is 1. The van der Waals surface area contributed by atoms with Crippen molar-refractivity contribution in [1.29, 1.82) is 0 Å². The number of carbonyl (C=O) groups is 1. The number of aliphatic hydroxyl groups excluding tert-OH is 1. The minimum atomic E-state index is -0.282. The number of nitrogens with zero attached hydrogens (tertiary/aromatic N) is 6. The molecule has 0 radical (unpaired) electrons. The van der Waals surface area contributed by atoms with Gasteiger partial charge in [-0.05, 0) is 67.3 Å². The second-order valence-electron chi connectivity index (χ2n) is 12.9. The summed E-state index contributed by atoms with van der Waals surface area (Å²) < 4.78 is 1.92. The molecule has 248 valence electrons. The third-order valence-corrected chi connectivity index (χ3v) is 9.92. The zero-order chi connectivity index (χ0) is 33.4. The average molecular weight is 665 g/mol. The van der Waals surface area contributed by atoms with Crippen molar-refractivity contribution in [2.45, 2.75) is 52.3 Å². The fourth-order valence-electron chi connectivity index (χ4n) is 7.00. The van der Waals surface area contributed by atoms with Crippen LogP contribution in [0.15, 0.2) is 60.9 Å². The Bertz CT molecular complexity index is 1990. The zero-order valence-electron chi connectivity index (χ0n) is 27.6. The van der Waals surface area contributed by atoms with Crippen molar-refractivity contribution >= 4 is 45.6 Å². The van der Waals surface area contributed by atoms with Crippen LogP contribution >= 0.6 is 11.6 Å². The molecule has 2 aliphatic rings. The fourth-order valence-corrected chi connectivity index (χ4v) is 7.27. The molecule has 0 saturated carbocycles. The Labute approximate surface area is 285 Å². The molecule has 5 heterocycles. The third-order valence-electron chi connectivity index (χ3n) is 9.51. The van der Waals surface area contributed by atoms with Gasteiger partial charge >= 0.3 is 0 Å². The number of nitrogens with one attached hydrogen (secondary N) is 2. The van der Waals surface area contributed by atoms with Crippen LogP contribution in [0, 0.1) is 6.92 Å². The first-order valence-electron chi connectivity index (χ1n) is 16.7. The number of hydrogen-bond donors (Lipinski definition) is 3. The highest BCUT2D eigenvalue weighted by molar-refractivity contribution is 6.36. The van der Waals surface area contributed by atoms with Crippen LogP contribution < -0.4 is 10.6 Å². The molecule has 10 nitrogen and oxygen atoms in total. The lowest BCUT2D eigenvalue weighted by molar-refractivity contribution is 0.101. The van der Waals surface area contributed by atoms with Gasteiger partial charge in [-0.3, -0.25) is 19.6 Å². The molecule has 2 aliphatic heterocycles. The predicted molar refractivity (Wildman–Crippen MR) is 191 cm³/mol. The van der Waals surface area contributed by atoms with Gasteiger partial charge in [0.2, 0.25) is 0 Å². The standard InChI is InChI=1S/C37H41ClN8O2/c1-4-15-45-17-13-32-31(22-45)42-36(44(32)3)37(48)43-30-10-6-8-28(33(30)38)27-7-5-9-29(23(27)2)41-35-34-25(11-14-39-35)18-24(19-40-34)20-46-16-12-26(47)21-46/h5-11,14,18-19,26,47H,4,12-13,15-17,20-22H2,1-3H3,(H,39,41)(H,43,48)/t26-/m1/s1. The van der Waals surface area contributed by atoms with E-state index in [4.69, 9.17) is 21.6 Å². The maximum Gasteiger partial charge on any atom is 0.291 e. The van der Waals surface area contributed by atoms with Gasteiger partial charge in [-0.1, -0.05) is 42.8 Å². The monoisotopic (exact) mass is 664 g/mol. The summed E-state index contributed by atoms with van der Waals surface area (Å²) in [6, 6.07) is 15.8. The van der Waals surface area contributed by atoms with E-state index in [1.54, 1.807) is 6.20 Å². The number of aromatic nitrogens is 4. The predicted octanol–water partition coefficient (Wildman–Crippen LogP) is 6.32. The molecule has 1 fully saturated rings. The van der Waals surface area contributed by atoms with Gasteiger partial charge in [0.15, 0.2) is 11.6 Å². The number of hydrogen-bond acceptors (Lipinski definition) is 8. The highest BCUT2D eigenvalue weighted by Gasteiger charge is 2.26. The van der Waals surface area contributed by atoms with E-state index in [1.807, 2.05) is 67.2 Å². The Morgan fingerprint density at radius 1 is 1.06 bits per heavy atom. The lowest BCUT2D eigenvalue weighted by atomic mass is 9.98. The second-order valence-corrected chi connectivity index (χ2v) is 13.3. The number of β-amino-alcohol motifs (C(OH)–C–C–N with tert-alkyl or cyclic N) is 1. The van der Waals surface area contributed by atoms with E-state index in [1.165, 1.54) is 0 Å². The number of halogens is 1. The topological polar surface area (TPSA) is 111 Å². The molecule has 0 unspecified atom stereocenters. The van der Waals surface area contributed by atoms with E-state index in [0.717, 1.165) is 102 Å². The molecule has 5 aromatic rings. The minimum absolute atomic E-state index is 0.248. The Morgan fingerprint density at radius 3 is 2.67 bits per heavy atom. The summed E-state index contributed by atoms with van der Waals surface area (Å²) in [6.07, 6.45) is 6.21. The van der Waals surface area contributed by atoms with Gasteiger partial charge < -0.3 is 20.3 Å². The van der Waals surface area contributed by atoms with E-state index in [9.17, 15) is 9.90 Å². The quantitative estimate of drug-likeness (QED) is 0.168. The molecule has 0 bridgehead atoms. The molecule has 3 aromatic heterocycles. The lowest BCUT2D eigenvalue weighted by Gasteiger charge is -2.25. The molecule has 0 spiro atoms. The molecule has 1 atom stereocenters. The molecule has 0 aliphatic carbocycles. The van der Waals surface area contributed by atoms with E-state index in [-0.39, 0.29) is 12.0 Å². The molecule has 7 rings (SSSR count). The van der Waals surface area contributed by atoms with Gasteiger partial charge in [0.25, 0.3) is 5.91 Å². The zero-order valence-corrected chi connectivity index (χ0v) is 28.4. The fraction of sp³-hybridized carbons (Fsp3) is 0.351. The van der Waals surface area contributed by atoms with Crippen molar-refractivity contribution in [3.63, 3.8) is 0 Å². The molecule has 3 N–H and O–H groups in total. The lowest BCUT2D eigenvalue weighted by Crippen LogP contribution is -2.31. The van der Waals surface area contributed by atoms with Gasteiger partial charge in [-0.25, -0.2) is 9.97 Å². The molecular formula is C37H41ClN8O2. The Balaban J connectivity index is 1.11. The SMILES string of the molecule is CCCN1CCc2c(nc(C(=O)Nc3cccc(-c4cccc(Nc5nccc6cc(CN7CC[C@@H](O)C7)cnc56)c4C)c3Cl)n2C)C1. The Kier molecular flexibility index (Phi) is 9.15. The van der Waals surface area contributed by atoms with E-state index >= 15 is 0 Å². The number of pyridine rings is 2. The highest BCUT2D eigenvalue weighted by Crippen LogP contribution is 2.38. The summed E-state index contributed by atoms with van der Waals surface area (Å²) in [7, 11) is 1.91. The van der Waals surface area contributed by atoms with Crippen molar-refractivity contribution in [3.8, 4) is 11.1 Å². The van der Waals surface area contributed by atoms with Crippen LogP contribution in [-0.4, -0.2) is 72.6 Å². The number of fused-ring (bicyclic) bond motifs is 2. The van der Waals surface area contributed by atoms with Crippen LogP contribution in [0.2, 0.25) is 5.02 Å². The van der Waals surface area contributed by atoms with Gasteiger partial charge in [-0.15, -0.1) is 0 Å². The summed E-state index contributed by atoms with van der Waals surface area (Å²) in [5.41, 5.74) is 8.12. The number of anilines is 3. The number of amides is 1. The third kappa shape index (κ3) is 6.41. The minimum Gasteiger partial charge on any atom is -0.392 e. The number of likely N-dealkylation sites (tertiary alicyclic amines) is 1. The first kappa shape index (κ1) is 32.2. The average Bonchev–Trinajstić information content (AvgIpc) is 3.64. The van der Waals surface area contributed by atoms with Gasteiger partial charge in [-0.2, -0.15) is 0 Å². The first-order chi connectivity index (χ1) is 23.3. The largest absolute Gasteiger partial charge is 0.392 e. The number of carbonyl (C=O) groups excluding carboxylic acids is 1. The van der Waals surface area contributed by atoms with Crippen molar-refractivity contribution in [1.82, 2.24) is 29.3 Å². The summed E-state index contributed by atoms with van der Waals surface area (Å²) >= 11 is 7.01. The Morgan fingerprint density at radius 2 is 1.88 bits per heavy atom. The van der Waals surface area contributed by atoms with E-state index < -0.39 is 0 Å². The number of benzene rings is 2. The Hall–Kier alpha value is -4.35. The molecule has 48 heavy (non-hydrogen) atoms. The van der Waals surface area contributed by atoms with Crippen LogP contribution in [0.25, 0.3) is 22.0 Å². The van der Waals surface area contributed by atoms with Crippen LogP contribution in [0.1, 0.15) is 52.9 Å². The van der Waals surface area contributed by atoms with Crippen LogP contribution in [0.4, 0.5) is 17.2 Å². The van der Waals surface area contributed by atoms with Gasteiger partial charge in [0.05, 0.1) is 22.5 Å². The maximum absolute atomic E-state index is 13.5. The van der Waals surface area contributed by atoms with Crippen LogP contribution in [0.5, 0.6) is 0 Å². The number of aliphatic hydroxyl groups is 1. The molecule has 2 aromatic carbocycles. The smallest absolute Gasteiger partial charge is 0.291 e. The summed E-state index contributed by atoms with van der Waals surface area (Å²) in [4.78, 5) is 32.3. The summed E-state index contributed by atoms with van der Waals surface area (Å²) in [6.45, 7) is 9.33. The summed E-state index contributed by atoms with van der Waals surface area (Å²) in [5, 5.41) is 17.9. The van der Waals surface area contributed by atoms with Gasteiger partial charge in [0.1, 0.15) is 5.52 Å². The van der Waals surface area contributed by atoms with Crippen molar-refractivity contribution in [3.05, 3.63) is 94.3 Å². The molecule has 1 amide bonds. The van der Waals surface area contributed by atoms with Crippen molar-refractivity contribution in [2.75, 3.05) is 36.8 Å². The number of rotatable bonds is 9. The molecule has 11 heteroatoms. The van der Waals surface area contributed by atoms with E-state index in [2.05, 4.69) is 38.4 Å². The maximum atomic E-state index is 13.5. The summed E-state index contributed by atoms with van der Waals surface area (Å²) in [5.74, 6) is 0.773. The van der Waals surface area contributed by atoms with E-state index in [0.29, 0.717) is 28.9 Å². The molecule has 1 saturated heterocycles. The van der Waals surface area contributed by atoms with Gasteiger partial charge in [0, 0.05) is 80.9 Å². The van der Waals surface area contributed by atoms with Crippen molar-refractivity contribution in [2.24, 2.45) is 7.05 Å². The van der Waals surface area contributed by atoms with Crippen LogP contribution in [-0.2, 0) is 26.6 Å². The molecular weight excluding hydrogens is 624 g/mol.